The van der Waals surface area contributed by atoms with E-state index in [0.717, 1.165) is 25.7 Å². The van der Waals surface area contributed by atoms with E-state index < -0.39 is 5.82 Å². The van der Waals surface area contributed by atoms with E-state index in [4.69, 9.17) is 5.73 Å². The molecule has 2 atom stereocenters. The highest BCUT2D eigenvalue weighted by molar-refractivity contribution is 9.10. The molecule has 2 unspecified atom stereocenters. The van der Waals surface area contributed by atoms with Gasteiger partial charge in [-0.1, -0.05) is 22.4 Å². The zero-order chi connectivity index (χ0) is 15.0. The van der Waals surface area contributed by atoms with Gasteiger partial charge in [0.15, 0.2) is 0 Å². The summed E-state index contributed by atoms with van der Waals surface area (Å²) in [6, 6.07) is 4.74. The fourth-order valence-corrected chi connectivity index (χ4v) is 4.41. The maximum Gasteiger partial charge on any atom is 0.251 e. The lowest BCUT2D eigenvalue weighted by atomic mass is 9.67. The van der Waals surface area contributed by atoms with Crippen molar-refractivity contribution in [3.63, 3.8) is 0 Å². The van der Waals surface area contributed by atoms with Crippen molar-refractivity contribution in [2.24, 2.45) is 17.6 Å². The Bertz CT molecular complexity index is 523. The molecule has 0 aromatic heterocycles. The molecule has 2 bridgehead atoms. The summed E-state index contributed by atoms with van der Waals surface area (Å²) in [6.45, 7) is 0. The average Bonchev–Trinajstić information content (AvgIpc) is 2.38. The van der Waals surface area contributed by atoms with E-state index in [9.17, 15) is 9.18 Å². The Morgan fingerprint density at radius 1 is 1.23 bits per heavy atom. The van der Waals surface area contributed by atoms with Crippen molar-refractivity contribution >= 4 is 34.2 Å². The molecule has 2 saturated carbocycles. The Morgan fingerprint density at radius 3 is 2.45 bits per heavy atom. The molecule has 3 rings (SSSR count). The molecule has 0 spiro atoms. The van der Waals surface area contributed by atoms with Crippen LogP contribution in [-0.2, 0) is 0 Å². The molecule has 0 aliphatic heterocycles. The Balaban J connectivity index is 0.00000176. The summed E-state index contributed by atoms with van der Waals surface area (Å²) in [5, 5.41) is 3.13. The third kappa shape index (κ3) is 3.81. The van der Waals surface area contributed by atoms with Gasteiger partial charge in [-0.25, -0.2) is 4.39 Å². The molecule has 2 fully saturated rings. The van der Waals surface area contributed by atoms with E-state index in [0.29, 0.717) is 21.9 Å². The van der Waals surface area contributed by atoms with Gasteiger partial charge in [-0.15, -0.1) is 12.4 Å². The summed E-state index contributed by atoms with van der Waals surface area (Å²) in [4.78, 5) is 12.4. The molecule has 1 amide bonds. The summed E-state index contributed by atoms with van der Waals surface area (Å²) < 4.78 is 14.0. The van der Waals surface area contributed by atoms with Crippen LogP contribution in [0.3, 0.4) is 0 Å². The third-order valence-electron chi connectivity index (χ3n) is 4.80. The summed E-state index contributed by atoms with van der Waals surface area (Å²) in [7, 11) is 0. The van der Waals surface area contributed by atoms with Crippen molar-refractivity contribution in [1.29, 1.82) is 0 Å². The normalized spacial score (nSPS) is 30.3. The maximum absolute atomic E-state index is 13.4. The van der Waals surface area contributed by atoms with Crippen LogP contribution in [0.25, 0.3) is 0 Å². The van der Waals surface area contributed by atoms with Crippen LogP contribution in [-0.4, -0.2) is 18.0 Å². The van der Waals surface area contributed by atoms with Crippen molar-refractivity contribution in [3.8, 4) is 0 Å². The van der Waals surface area contributed by atoms with Crippen molar-refractivity contribution in [2.45, 2.75) is 44.2 Å². The van der Waals surface area contributed by atoms with Crippen LogP contribution in [0.2, 0.25) is 0 Å². The highest BCUT2D eigenvalue weighted by Crippen LogP contribution is 2.39. The first-order chi connectivity index (χ1) is 10.0. The number of fused-ring (bicyclic) bond motifs is 2. The number of benzene rings is 1. The van der Waals surface area contributed by atoms with Crippen LogP contribution in [0.1, 0.15) is 42.5 Å². The van der Waals surface area contributed by atoms with Gasteiger partial charge >= 0.3 is 0 Å². The van der Waals surface area contributed by atoms with E-state index in [1.54, 1.807) is 6.07 Å². The number of hydrogen-bond donors (Lipinski definition) is 2. The first-order valence-corrected chi connectivity index (χ1v) is 8.35. The Hall–Kier alpha value is -0.650. The predicted octanol–water partition coefficient (Wildman–Crippen LogP) is 3.65. The van der Waals surface area contributed by atoms with Crippen LogP contribution < -0.4 is 11.1 Å². The van der Waals surface area contributed by atoms with Gasteiger partial charge in [0.25, 0.3) is 5.91 Å². The smallest absolute Gasteiger partial charge is 0.251 e. The van der Waals surface area contributed by atoms with Crippen LogP contribution in [0.4, 0.5) is 4.39 Å². The fraction of sp³-hybridized carbons (Fsp3) is 0.562. The number of rotatable bonds is 2. The van der Waals surface area contributed by atoms with E-state index in [2.05, 4.69) is 21.2 Å². The zero-order valence-electron chi connectivity index (χ0n) is 12.2. The van der Waals surface area contributed by atoms with E-state index >= 15 is 0 Å². The summed E-state index contributed by atoms with van der Waals surface area (Å²) in [6.07, 6.45) is 5.44. The first kappa shape index (κ1) is 17.7. The Labute approximate surface area is 144 Å². The van der Waals surface area contributed by atoms with Gasteiger partial charge < -0.3 is 11.1 Å². The van der Waals surface area contributed by atoms with E-state index in [-0.39, 0.29) is 30.4 Å². The molecule has 22 heavy (non-hydrogen) atoms. The van der Waals surface area contributed by atoms with Crippen molar-refractivity contribution < 1.29 is 9.18 Å². The van der Waals surface area contributed by atoms with Crippen molar-refractivity contribution in [1.82, 2.24) is 5.32 Å². The van der Waals surface area contributed by atoms with Gasteiger partial charge in [0.2, 0.25) is 0 Å². The van der Waals surface area contributed by atoms with Crippen molar-refractivity contribution in [3.05, 3.63) is 34.1 Å². The number of nitrogens with two attached hydrogens (primary N) is 1. The molecule has 2 aliphatic rings. The number of carbonyl (C=O) groups excluding carboxylic acids is 1. The van der Waals surface area contributed by atoms with Crippen LogP contribution in [0.5, 0.6) is 0 Å². The number of carbonyl (C=O) groups is 1. The summed E-state index contributed by atoms with van der Waals surface area (Å²) >= 11 is 3.23. The monoisotopic (exact) mass is 390 g/mol. The Kier molecular flexibility index (Phi) is 5.86. The lowest BCUT2D eigenvalue weighted by Gasteiger charge is -2.45. The Morgan fingerprint density at radius 2 is 1.86 bits per heavy atom. The number of nitrogens with one attached hydrogen (secondary N) is 1. The van der Waals surface area contributed by atoms with Gasteiger partial charge in [-0.2, -0.15) is 0 Å². The standard InChI is InChI=1S/C16H20BrFN2O.ClH/c17-12-4-11(5-13(18)8-12)16(21)20-15-9-2-1-3-10(15)7-14(19)6-9;/h4-5,8-10,14-15H,1-3,6-7,19H2,(H,20,21);1H. The summed E-state index contributed by atoms with van der Waals surface area (Å²) in [5.41, 5.74) is 6.47. The molecule has 1 aromatic rings. The molecule has 0 saturated heterocycles. The van der Waals surface area contributed by atoms with Gasteiger partial charge in [-0.3, -0.25) is 4.79 Å². The number of amides is 1. The molecule has 1 aromatic carbocycles. The summed E-state index contributed by atoms with van der Waals surface area (Å²) in [5.74, 6) is 0.342. The largest absolute Gasteiger partial charge is 0.349 e. The molecular weight excluding hydrogens is 371 g/mol. The van der Waals surface area contributed by atoms with Gasteiger partial charge in [0, 0.05) is 22.1 Å². The van der Waals surface area contributed by atoms with Crippen molar-refractivity contribution in [2.75, 3.05) is 0 Å². The second-order valence-electron chi connectivity index (χ2n) is 6.34. The maximum atomic E-state index is 13.4. The van der Waals surface area contributed by atoms with Crippen LogP contribution >= 0.6 is 28.3 Å². The molecule has 2 aliphatic carbocycles. The SMILES string of the molecule is Cl.NC1CC2CCCC(C1)C2NC(=O)c1cc(F)cc(Br)c1. The highest BCUT2D eigenvalue weighted by Gasteiger charge is 2.39. The predicted molar refractivity (Wildman–Crippen MR) is 90.6 cm³/mol. The van der Waals surface area contributed by atoms with Gasteiger partial charge in [0.1, 0.15) is 5.82 Å². The fourth-order valence-electron chi connectivity index (χ4n) is 3.94. The molecule has 0 radical (unpaired) electrons. The highest BCUT2D eigenvalue weighted by atomic mass is 79.9. The topological polar surface area (TPSA) is 55.1 Å². The minimum atomic E-state index is -0.402. The molecular formula is C16H21BrClFN2O. The van der Waals surface area contributed by atoms with E-state index in [1.165, 1.54) is 18.6 Å². The molecule has 6 heteroatoms. The second-order valence-corrected chi connectivity index (χ2v) is 7.26. The van der Waals surface area contributed by atoms with Gasteiger partial charge in [0.05, 0.1) is 0 Å². The molecule has 0 heterocycles. The quantitative estimate of drug-likeness (QED) is 0.808. The molecule has 3 nitrogen and oxygen atoms in total. The van der Waals surface area contributed by atoms with Crippen LogP contribution in [0, 0.1) is 17.7 Å². The lowest BCUT2D eigenvalue weighted by Crippen LogP contribution is -2.53. The average molecular weight is 392 g/mol. The molecule has 3 N–H and O–H groups in total. The second kappa shape index (κ2) is 7.28. The minimum absolute atomic E-state index is 0. The first-order valence-electron chi connectivity index (χ1n) is 7.55. The number of halogens is 3. The van der Waals surface area contributed by atoms with E-state index in [1.807, 2.05) is 0 Å². The molecule has 122 valence electrons. The van der Waals surface area contributed by atoms with Gasteiger partial charge in [-0.05, 0) is 55.7 Å². The van der Waals surface area contributed by atoms with Crippen LogP contribution in [0.15, 0.2) is 22.7 Å². The zero-order valence-corrected chi connectivity index (χ0v) is 14.6. The minimum Gasteiger partial charge on any atom is -0.349 e. The third-order valence-corrected chi connectivity index (χ3v) is 5.26. The lowest BCUT2D eigenvalue weighted by molar-refractivity contribution is 0.0755. The number of hydrogen-bond acceptors (Lipinski definition) is 2.